The number of nitrogens with two attached hydrogens (primary N) is 1. The van der Waals surface area contributed by atoms with E-state index in [-0.39, 0.29) is 17.5 Å². The molecule has 2 N–H and O–H groups in total. The highest BCUT2D eigenvalue weighted by molar-refractivity contribution is 5.29. The zero-order chi connectivity index (χ0) is 14.9. The van der Waals surface area contributed by atoms with Gasteiger partial charge in [0.1, 0.15) is 0 Å². The summed E-state index contributed by atoms with van der Waals surface area (Å²) in [4.78, 5) is 0. The Morgan fingerprint density at radius 1 is 0.950 bits per heavy atom. The lowest BCUT2D eigenvalue weighted by Crippen LogP contribution is -2.16. The summed E-state index contributed by atoms with van der Waals surface area (Å²) in [6, 6.07) is 5.33. The van der Waals surface area contributed by atoms with Gasteiger partial charge in [-0.1, -0.05) is 18.2 Å². The van der Waals surface area contributed by atoms with E-state index < -0.39 is 29.3 Å². The third-order valence-corrected chi connectivity index (χ3v) is 3.14. The van der Waals surface area contributed by atoms with E-state index in [2.05, 4.69) is 0 Å². The van der Waals surface area contributed by atoms with Gasteiger partial charge in [0, 0.05) is 11.6 Å². The van der Waals surface area contributed by atoms with Crippen molar-refractivity contribution in [3.63, 3.8) is 0 Å². The van der Waals surface area contributed by atoms with Gasteiger partial charge in [0.05, 0.1) is 0 Å². The average Bonchev–Trinajstić information content (AvgIpc) is 2.40. The number of rotatable bonds is 3. The average molecular weight is 283 g/mol. The van der Waals surface area contributed by atoms with Crippen LogP contribution in [-0.2, 0) is 6.42 Å². The Kier molecular flexibility index (Phi) is 4.09. The minimum atomic E-state index is -1.000. The highest BCUT2D eigenvalue weighted by Gasteiger charge is 2.17. The van der Waals surface area contributed by atoms with Crippen LogP contribution in [0.3, 0.4) is 0 Å². The zero-order valence-electron chi connectivity index (χ0n) is 10.8. The molecule has 0 saturated heterocycles. The van der Waals surface area contributed by atoms with Crippen LogP contribution < -0.4 is 5.73 Å². The maximum atomic E-state index is 13.8. The Morgan fingerprint density at radius 3 is 2.30 bits per heavy atom. The summed E-state index contributed by atoms with van der Waals surface area (Å²) in [5.74, 6) is -3.90. The summed E-state index contributed by atoms with van der Waals surface area (Å²) < 4.78 is 53.1. The van der Waals surface area contributed by atoms with Gasteiger partial charge >= 0.3 is 0 Å². The summed E-state index contributed by atoms with van der Waals surface area (Å²) >= 11 is 0. The largest absolute Gasteiger partial charge is 0.324 e. The number of aryl methyl sites for hydroxylation is 1. The molecule has 0 aliphatic heterocycles. The van der Waals surface area contributed by atoms with Gasteiger partial charge in [-0.2, -0.15) is 0 Å². The normalized spacial score (nSPS) is 12.5. The quantitative estimate of drug-likeness (QED) is 0.852. The third kappa shape index (κ3) is 2.82. The van der Waals surface area contributed by atoms with E-state index in [1.165, 1.54) is 25.1 Å². The van der Waals surface area contributed by atoms with E-state index >= 15 is 0 Å². The molecule has 2 aromatic rings. The second-order valence-corrected chi connectivity index (χ2v) is 4.66. The van der Waals surface area contributed by atoms with Crippen LogP contribution in [0.25, 0.3) is 0 Å². The van der Waals surface area contributed by atoms with Crippen LogP contribution in [0.5, 0.6) is 0 Å². The second kappa shape index (κ2) is 5.63. The molecule has 1 unspecified atom stereocenters. The highest BCUT2D eigenvalue weighted by Crippen LogP contribution is 2.23. The van der Waals surface area contributed by atoms with Crippen molar-refractivity contribution in [2.45, 2.75) is 19.4 Å². The van der Waals surface area contributed by atoms with Crippen molar-refractivity contribution in [2.24, 2.45) is 5.73 Å². The predicted octanol–water partition coefficient (Wildman–Crippen LogP) is 3.79. The van der Waals surface area contributed by atoms with Crippen molar-refractivity contribution >= 4 is 0 Å². The summed E-state index contributed by atoms with van der Waals surface area (Å²) in [5, 5.41) is 0. The summed E-state index contributed by atoms with van der Waals surface area (Å²) in [7, 11) is 0. The van der Waals surface area contributed by atoms with Crippen LogP contribution >= 0.6 is 0 Å². The molecule has 0 radical (unpaired) electrons. The standard InChI is InChI=1S/C15H13F4N/c1-8-2-4-10(15(19)14(8)18)13(20)7-9-3-5-11(16)12(17)6-9/h2-6,13H,7,20H2,1H3. The maximum absolute atomic E-state index is 13.8. The van der Waals surface area contributed by atoms with Crippen LogP contribution in [0.1, 0.15) is 22.7 Å². The Balaban J connectivity index is 2.26. The lowest BCUT2D eigenvalue weighted by molar-refractivity contribution is 0.482. The molecule has 0 spiro atoms. The van der Waals surface area contributed by atoms with E-state index in [1.54, 1.807) is 0 Å². The number of benzene rings is 2. The Hall–Kier alpha value is -1.88. The van der Waals surface area contributed by atoms with Crippen LogP contribution in [0.4, 0.5) is 17.6 Å². The lowest BCUT2D eigenvalue weighted by atomic mass is 9.98. The molecule has 2 aromatic carbocycles. The zero-order valence-corrected chi connectivity index (χ0v) is 10.8. The van der Waals surface area contributed by atoms with Crippen molar-refractivity contribution in [1.82, 2.24) is 0 Å². The molecule has 106 valence electrons. The molecule has 5 heteroatoms. The summed E-state index contributed by atoms with van der Waals surface area (Å²) in [5.41, 5.74) is 6.42. The van der Waals surface area contributed by atoms with Crippen molar-refractivity contribution in [2.75, 3.05) is 0 Å². The molecule has 0 aliphatic carbocycles. The fourth-order valence-corrected chi connectivity index (χ4v) is 1.98. The van der Waals surface area contributed by atoms with E-state index in [0.717, 1.165) is 12.1 Å². The Bertz CT molecular complexity index is 640. The van der Waals surface area contributed by atoms with Crippen LogP contribution in [0.15, 0.2) is 30.3 Å². The molecule has 0 aliphatic rings. The fourth-order valence-electron chi connectivity index (χ4n) is 1.98. The van der Waals surface area contributed by atoms with Crippen molar-refractivity contribution in [3.8, 4) is 0 Å². The first-order chi connectivity index (χ1) is 9.40. The molecule has 20 heavy (non-hydrogen) atoms. The third-order valence-electron chi connectivity index (χ3n) is 3.14. The topological polar surface area (TPSA) is 26.0 Å². The first-order valence-electron chi connectivity index (χ1n) is 6.04. The molecular formula is C15H13F4N. The second-order valence-electron chi connectivity index (χ2n) is 4.66. The van der Waals surface area contributed by atoms with Crippen LogP contribution in [0, 0.1) is 30.2 Å². The van der Waals surface area contributed by atoms with Gasteiger partial charge in [-0.25, -0.2) is 17.6 Å². The SMILES string of the molecule is Cc1ccc(C(N)Cc2ccc(F)c(F)c2)c(F)c1F. The number of hydrogen-bond acceptors (Lipinski definition) is 1. The smallest absolute Gasteiger partial charge is 0.163 e. The lowest BCUT2D eigenvalue weighted by Gasteiger charge is -2.14. The molecule has 0 amide bonds. The summed E-state index contributed by atoms with van der Waals surface area (Å²) in [6.45, 7) is 1.45. The molecule has 1 nitrogen and oxygen atoms in total. The van der Waals surface area contributed by atoms with Crippen molar-refractivity contribution in [1.29, 1.82) is 0 Å². The van der Waals surface area contributed by atoms with Gasteiger partial charge in [-0.05, 0) is 36.6 Å². The molecule has 0 bridgehead atoms. The monoisotopic (exact) mass is 283 g/mol. The van der Waals surface area contributed by atoms with Gasteiger partial charge in [-0.15, -0.1) is 0 Å². The summed E-state index contributed by atoms with van der Waals surface area (Å²) in [6.07, 6.45) is 0.0800. The van der Waals surface area contributed by atoms with Gasteiger partial charge in [-0.3, -0.25) is 0 Å². The van der Waals surface area contributed by atoms with Crippen molar-refractivity contribution in [3.05, 3.63) is 70.3 Å². The molecule has 2 rings (SSSR count). The van der Waals surface area contributed by atoms with E-state index in [1.807, 2.05) is 0 Å². The first-order valence-corrected chi connectivity index (χ1v) is 6.04. The molecular weight excluding hydrogens is 270 g/mol. The molecule has 0 aromatic heterocycles. The first kappa shape index (κ1) is 14.5. The molecule has 0 heterocycles. The molecule has 0 fully saturated rings. The van der Waals surface area contributed by atoms with Gasteiger partial charge < -0.3 is 5.73 Å². The Labute approximate surface area is 114 Å². The highest BCUT2D eigenvalue weighted by atomic mass is 19.2. The van der Waals surface area contributed by atoms with E-state index in [0.29, 0.717) is 5.56 Å². The fraction of sp³-hybridized carbons (Fsp3) is 0.200. The van der Waals surface area contributed by atoms with E-state index in [9.17, 15) is 17.6 Å². The van der Waals surface area contributed by atoms with E-state index in [4.69, 9.17) is 5.73 Å². The van der Waals surface area contributed by atoms with Gasteiger partial charge in [0.2, 0.25) is 0 Å². The molecule has 0 saturated carbocycles. The Morgan fingerprint density at radius 2 is 1.65 bits per heavy atom. The number of halogens is 4. The maximum Gasteiger partial charge on any atom is 0.163 e. The van der Waals surface area contributed by atoms with Gasteiger partial charge in [0.15, 0.2) is 23.3 Å². The van der Waals surface area contributed by atoms with Crippen LogP contribution in [-0.4, -0.2) is 0 Å². The minimum Gasteiger partial charge on any atom is -0.324 e. The van der Waals surface area contributed by atoms with Crippen LogP contribution in [0.2, 0.25) is 0 Å². The predicted molar refractivity (Wildman–Crippen MR) is 68.1 cm³/mol. The molecule has 1 atom stereocenters. The van der Waals surface area contributed by atoms with Gasteiger partial charge in [0.25, 0.3) is 0 Å². The van der Waals surface area contributed by atoms with Crippen molar-refractivity contribution < 1.29 is 17.6 Å². The number of hydrogen-bond donors (Lipinski definition) is 1. The minimum absolute atomic E-state index is 0.0119.